The topological polar surface area (TPSA) is 4.93 Å². The van der Waals surface area contributed by atoms with Gasteiger partial charge in [0.2, 0.25) is 0 Å². The summed E-state index contributed by atoms with van der Waals surface area (Å²) in [5.41, 5.74) is 5.83. The van der Waals surface area contributed by atoms with Gasteiger partial charge in [-0.15, -0.1) is 11.3 Å². The van der Waals surface area contributed by atoms with E-state index < -0.39 is 0 Å². The number of hydrogen-bond acceptors (Lipinski definition) is 1. The molecule has 2 heterocycles. The lowest BCUT2D eigenvalue weighted by molar-refractivity contribution is 1.18. The van der Waals surface area contributed by atoms with Crippen LogP contribution in [0.3, 0.4) is 0 Å². The second-order valence-corrected chi connectivity index (χ2v) is 9.52. The summed E-state index contributed by atoms with van der Waals surface area (Å²) >= 11 is 5.43. The molecule has 0 saturated carbocycles. The predicted molar refractivity (Wildman–Crippen MR) is 137 cm³/mol. The number of rotatable bonds is 3. The molecule has 0 fully saturated rings. The number of thiophene rings is 1. The van der Waals surface area contributed by atoms with Gasteiger partial charge in [0.25, 0.3) is 0 Å². The molecule has 1 nitrogen and oxygen atoms in total. The van der Waals surface area contributed by atoms with E-state index in [1.165, 1.54) is 20.9 Å². The Hall–Kier alpha value is -3.14. The lowest BCUT2D eigenvalue weighted by Crippen LogP contribution is -1.93. The highest BCUT2D eigenvalue weighted by molar-refractivity contribution is 9.10. The van der Waals surface area contributed by atoms with Crippen LogP contribution in [0.2, 0.25) is 0 Å². The van der Waals surface area contributed by atoms with E-state index in [0.717, 1.165) is 32.0 Å². The monoisotopic (exact) mass is 480 g/mol. The lowest BCUT2D eigenvalue weighted by atomic mass is 10.1. The fourth-order valence-electron chi connectivity index (χ4n) is 4.21. The first-order valence-electron chi connectivity index (χ1n) is 10.6. The molecule has 0 bridgehead atoms. The van der Waals surface area contributed by atoms with E-state index in [2.05, 4.69) is 111 Å². The maximum absolute atomic E-state index is 8.12. The van der Waals surface area contributed by atoms with Crippen LogP contribution in [0.25, 0.3) is 48.4 Å². The Morgan fingerprint density at radius 3 is 2.29 bits per heavy atom. The van der Waals surface area contributed by atoms with Gasteiger partial charge in [-0.1, -0.05) is 76.6 Å². The first kappa shape index (κ1) is 17.5. The second-order valence-electron chi connectivity index (χ2n) is 7.52. The van der Waals surface area contributed by atoms with Crippen molar-refractivity contribution in [2.75, 3.05) is 0 Å². The minimum absolute atomic E-state index is 0.525. The van der Waals surface area contributed by atoms with Crippen molar-refractivity contribution >= 4 is 49.1 Å². The molecule has 4 aromatic carbocycles. The van der Waals surface area contributed by atoms with Crippen molar-refractivity contribution in [3.8, 4) is 26.6 Å². The molecule has 0 atom stereocenters. The van der Waals surface area contributed by atoms with Crippen LogP contribution in [0, 0.1) is 0 Å². The van der Waals surface area contributed by atoms with Gasteiger partial charge < -0.3 is 4.57 Å². The SMILES string of the molecule is [2H]c1ccc2c(c1)c1cc(Br)ccc1n2-c1cccc(-c2ccc(-c3ccccc3)s2)c1. The van der Waals surface area contributed by atoms with E-state index in [-0.39, 0.29) is 0 Å². The number of benzene rings is 4. The maximum Gasteiger partial charge on any atom is 0.0623 e. The molecule has 6 aromatic rings. The number of fused-ring (bicyclic) bond motifs is 3. The molecule has 0 aliphatic carbocycles. The van der Waals surface area contributed by atoms with E-state index in [9.17, 15) is 0 Å². The molecule has 0 radical (unpaired) electrons. The van der Waals surface area contributed by atoms with Crippen LogP contribution in [0.4, 0.5) is 0 Å². The Bertz CT molecular complexity index is 1540. The zero-order chi connectivity index (χ0) is 21.7. The Labute approximate surface area is 194 Å². The summed E-state index contributed by atoms with van der Waals surface area (Å²) in [6.45, 7) is 0. The molecule has 6 rings (SSSR count). The van der Waals surface area contributed by atoms with Crippen molar-refractivity contribution in [3.05, 3.63) is 114 Å². The molecule has 0 amide bonds. The molecule has 3 heteroatoms. The van der Waals surface area contributed by atoms with Crippen LogP contribution in [0.15, 0.2) is 114 Å². The van der Waals surface area contributed by atoms with Crippen molar-refractivity contribution in [1.82, 2.24) is 4.57 Å². The Morgan fingerprint density at radius 1 is 0.645 bits per heavy atom. The lowest BCUT2D eigenvalue weighted by Gasteiger charge is -2.09. The molecule has 148 valence electrons. The first-order valence-corrected chi connectivity index (χ1v) is 11.7. The average Bonchev–Trinajstić information content (AvgIpc) is 3.43. The summed E-state index contributed by atoms with van der Waals surface area (Å²) in [6.07, 6.45) is 0. The van der Waals surface area contributed by atoms with Gasteiger partial charge in [0.1, 0.15) is 0 Å². The summed E-state index contributed by atoms with van der Waals surface area (Å²) in [7, 11) is 0. The highest BCUT2D eigenvalue weighted by Gasteiger charge is 2.13. The minimum atomic E-state index is 0.525. The molecule has 2 aromatic heterocycles. The van der Waals surface area contributed by atoms with Crippen molar-refractivity contribution in [2.45, 2.75) is 0 Å². The van der Waals surface area contributed by atoms with Crippen molar-refractivity contribution in [1.29, 1.82) is 0 Å². The largest absolute Gasteiger partial charge is 0.309 e. The zero-order valence-corrected chi connectivity index (χ0v) is 19.0. The van der Waals surface area contributed by atoms with Crippen molar-refractivity contribution in [3.63, 3.8) is 0 Å². The van der Waals surface area contributed by atoms with Crippen LogP contribution in [0.5, 0.6) is 0 Å². The molecule has 0 unspecified atom stereocenters. The fraction of sp³-hybridized carbons (Fsp3) is 0. The summed E-state index contributed by atoms with van der Waals surface area (Å²) in [5, 5.41) is 2.25. The van der Waals surface area contributed by atoms with Crippen LogP contribution in [0.1, 0.15) is 1.37 Å². The minimum Gasteiger partial charge on any atom is -0.309 e. The Balaban J connectivity index is 1.52. The first-order chi connectivity index (χ1) is 15.7. The molecular formula is C28H18BrNS. The molecule has 31 heavy (non-hydrogen) atoms. The van der Waals surface area contributed by atoms with Crippen LogP contribution < -0.4 is 0 Å². The van der Waals surface area contributed by atoms with Gasteiger partial charge in [0, 0.05) is 30.7 Å². The smallest absolute Gasteiger partial charge is 0.0623 e. The van der Waals surface area contributed by atoms with Gasteiger partial charge in [-0.05, 0) is 59.7 Å². The average molecular weight is 481 g/mol. The van der Waals surface area contributed by atoms with Gasteiger partial charge in [-0.25, -0.2) is 0 Å². The number of hydrogen-bond donors (Lipinski definition) is 0. The number of halogens is 1. The summed E-state index contributed by atoms with van der Waals surface area (Å²) in [5.74, 6) is 0. The van der Waals surface area contributed by atoms with Gasteiger partial charge in [-0.3, -0.25) is 0 Å². The van der Waals surface area contributed by atoms with E-state index in [1.54, 1.807) is 0 Å². The third-order valence-corrected chi connectivity index (χ3v) is 7.30. The van der Waals surface area contributed by atoms with E-state index >= 15 is 0 Å². The normalized spacial score (nSPS) is 11.8. The van der Waals surface area contributed by atoms with Gasteiger partial charge in [0.15, 0.2) is 0 Å². The van der Waals surface area contributed by atoms with Crippen LogP contribution in [-0.2, 0) is 0 Å². The molecule has 0 saturated heterocycles. The molecule has 0 aliphatic rings. The fourth-order valence-corrected chi connectivity index (χ4v) is 5.58. The van der Waals surface area contributed by atoms with Gasteiger partial charge >= 0.3 is 0 Å². The van der Waals surface area contributed by atoms with E-state index in [4.69, 9.17) is 1.37 Å². The van der Waals surface area contributed by atoms with Crippen LogP contribution >= 0.6 is 27.3 Å². The quantitative estimate of drug-likeness (QED) is 0.238. The van der Waals surface area contributed by atoms with E-state index in [0.29, 0.717) is 6.04 Å². The number of aromatic nitrogens is 1. The third-order valence-electron chi connectivity index (χ3n) is 5.62. The highest BCUT2D eigenvalue weighted by Crippen LogP contribution is 2.37. The van der Waals surface area contributed by atoms with Gasteiger partial charge in [-0.2, -0.15) is 0 Å². The summed E-state index contributed by atoms with van der Waals surface area (Å²) < 4.78 is 11.5. The van der Waals surface area contributed by atoms with Crippen molar-refractivity contribution in [2.24, 2.45) is 0 Å². The predicted octanol–water partition coefficient (Wildman–Crippen LogP) is 8.94. The number of nitrogens with zero attached hydrogens (tertiary/aromatic N) is 1. The standard InChI is InChI=1S/C28H18BrNS/c29-21-13-14-26-24(18-21)23-11-4-5-12-25(23)30(26)22-10-6-9-20(17-22)28-16-15-27(31-28)19-7-2-1-3-8-19/h1-18H/i4D. The number of para-hydroxylation sites is 1. The second kappa shape index (κ2) is 7.52. The van der Waals surface area contributed by atoms with Crippen molar-refractivity contribution < 1.29 is 1.37 Å². The molecule has 0 spiro atoms. The Kier molecular flexibility index (Phi) is 4.26. The maximum atomic E-state index is 8.12. The molecule has 0 aliphatic heterocycles. The molecular weight excluding hydrogens is 462 g/mol. The van der Waals surface area contributed by atoms with Gasteiger partial charge in [0.05, 0.1) is 12.4 Å². The summed E-state index contributed by atoms with van der Waals surface area (Å²) in [6, 6.07) is 36.4. The zero-order valence-electron chi connectivity index (χ0n) is 17.5. The third kappa shape index (κ3) is 3.21. The van der Waals surface area contributed by atoms with Crippen LogP contribution in [-0.4, -0.2) is 4.57 Å². The summed E-state index contributed by atoms with van der Waals surface area (Å²) in [4.78, 5) is 2.53. The Morgan fingerprint density at radius 2 is 1.42 bits per heavy atom. The van der Waals surface area contributed by atoms with E-state index in [1.807, 2.05) is 23.5 Å². The highest BCUT2D eigenvalue weighted by atomic mass is 79.9. The molecule has 0 N–H and O–H groups in total.